The van der Waals surface area contributed by atoms with Crippen LogP contribution in [0.2, 0.25) is 0 Å². The maximum Gasteiger partial charge on any atom is 0.417 e. The number of hydrogen-bond acceptors (Lipinski definition) is 4. The number of carbonyl (C=O) groups is 1. The molecule has 1 aliphatic rings. The van der Waals surface area contributed by atoms with Gasteiger partial charge in [-0.3, -0.25) is 9.78 Å². The van der Waals surface area contributed by atoms with Gasteiger partial charge in [-0.05, 0) is 18.9 Å². The molecule has 7 heteroatoms. The van der Waals surface area contributed by atoms with Crippen LogP contribution in [-0.2, 0) is 6.18 Å². The van der Waals surface area contributed by atoms with Crippen molar-refractivity contribution in [1.82, 2.24) is 15.0 Å². The van der Waals surface area contributed by atoms with Crippen LogP contribution in [0.4, 0.5) is 13.2 Å². The van der Waals surface area contributed by atoms with Crippen molar-refractivity contribution in [3.63, 3.8) is 0 Å². The van der Waals surface area contributed by atoms with Crippen LogP contribution in [0, 0.1) is 0 Å². The van der Waals surface area contributed by atoms with Crippen molar-refractivity contribution in [2.75, 3.05) is 0 Å². The summed E-state index contributed by atoms with van der Waals surface area (Å²) in [7, 11) is 0. The molecule has 0 N–H and O–H groups in total. The normalized spacial score (nSPS) is 15.0. The molecule has 3 rings (SSSR count). The molecule has 1 aliphatic carbocycles. The third-order valence-corrected chi connectivity index (χ3v) is 3.32. The van der Waals surface area contributed by atoms with Crippen LogP contribution in [0.3, 0.4) is 0 Å². The van der Waals surface area contributed by atoms with Gasteiger partial charge in [0.2, 0.25) is 0 Å². The van der Waals surface area contributed by atoms with E-state index in [1.165, 1.54) is 12.5 Å². The predicted octanol–water partition coefficient (Wildman–Crippen LogP) is 3.00. The molecule has 0 aromatic carbocycles. The summed E-state index contributed by atoms with van der Waals surface area (Å²) < 4.78 is 39.0. The van der Waals surface area contributed by atoms with Gasteiger partial charge in [-0.1, -0.05) is 0 Å². The van der Waals surface area contributed by atoms with E-state index in [0.29, 0.717) is 5.69 Å². The first-order valence-electron chi connectivity index (χ1n) is 6.34. The van der Waals surface area contributed by atoms with Crippen molar-refractivity contribution in [3.05, 3.63) is 53.4 Å². The van der Waals surface area contributed by atoms with Gasteiger partial charge >= 0.3 is 6.18 Å². The van der Waals surface area contributed by atoms with Gasteiger partial charge in [0, 0.05) is 24.5 Å². The Morgan fingerprint density at radius 1 is 1.14 bits per heavy atom. The average molecular weight is 293 g/mol. The lowest BCUT2D eigenvalue weighted by atomic mass is 9.98. The van der Waals surface area contributed by atoms with Crippen LogP contribution >= 0.6 is 0 Å². The zero-order valence-corrected chi connectivity index (χ0v) is 10.8. The molecule has 0 amide bonds. The largest absolute Gasteiger partial charge is 0.417 e. The smallest absolute Gasteiger partial charge is 0.288 e. The number of pyridine rings is 1. The molecule has 21 heavy (non-hydrogen) atoms. The Labute approximate surface area is 118 Å². The van der Waals surface area contributed by atoms with Gasteiger partial charge < -0.3 is 0 Å². The Kier molecular flexibility index (Phi) is 3.19. The molecule has 0 saturated heterocycles. The Morgan fingerprint density at radius 3 is 2.52 bits per heavy atom. The van der Waals surface area contributed by atoms with E-state index in [2.05, 4.69) is 15.0 Å². The second-order valence-electron chi connectivity index (χ2n) is 4.84. The van der Waals surface area contributed by atoms with E-state index in [1.807, 2.05) is 0 Å². The number of nitrogens with zero attached hydrogens (tertiary/aromatic N) is 3. The lowest BCUT2D eigenvalue weighted by molar-refractivity contribution is -0.137. The van der Waals surface area contributed by atoms with E-state index in [4.69, 9.17) is 0 Å². The highest BCUT2D eigenvalue weighted by molar-refractivity contribution is 6.10. The number of hydrogen-bond donors (Lipinski definition) is 0. The van der Waals surface area contributed by atoms with Gasteiger partial charge in [0.05, 0.1) is 22.4 Å². The average Bonchev–Trinajstić information content (AvgIpc) is 3.30. The van der Waals surface area contributed by atoms with E-state index in [0.717, 1.165) is 31.3 Å². The van der Waals surface area contributed by atoms with Crippen LogP contribution in [-0.4, -0.2) is 20.7 Å². The van der Waals surface area contributed by atoms with Crippen LogP contribution < -0.4 is 0 Å². The van der Waals surface area contributed by atoms with Crippen molar-refractivity contribution in [2.45, 2.75) is 24.9 Å². The highest BCUT2D eigenvalue weighted by atomic mass is 19.4. The molecule has 4 nitrogen and oxygen atoms in total. The van der Waals surface area contributed by atoms with Crippen LogP contribution in [0.25, 0.3) is 0 Å². The number of aromatic nitrogens is 3. The van der Waals surface area contributed by atoms with E-state index >= 15 is 0 Å². The first-order chi connectivity index (χ1) is 9.98. The number of carbonyl (C=O) groups excluding carboxylic acids is 1. The van der Waals surface area contributed by atoms with Crippen molar-refractivity contribution < 1.29 is 18.0 Å². The molecule has 108 valence electrons. The molecule has 1 fully saturated rings. The zero-order valence-electron chi connectivity index (χ0n) is 10.8. The summed E-state index contributed by atoms with van der Waals surface area (Å²) in [6, 6.07) is 0.799. The Hall–Kier alpha value is -2.31. The summed E-state index contributed by atoms with van der Waals surface area (Å²) in [5.74, 6) is -0.601. The van der Waals surface area contributed by atoms with Crippen molar-refractivity contribution in [3.8, 4) is 0 Å². The standard InChI is InChI=1S/C14H10F3N3O/c15-14(16,17)11-3-4-18-5-9(11)13(21)10-6-19-7-20-12(10)8-1-2-8/h3-8H,1-2H2. The topological polar surface area (TPSA) is 55.7 Å². The Balaban J connectivity index is 2.08. The van der Waals surface area contributed by atoms with Crippen LogP contribution in [0.15, 0.2) is 31.0 Å². The Morgan fingerprint density at radius 2 is 1.86 bits per heavy atom. The molecule has 0 bridgehead atoms. The summed E-state index contributed by atoms with van der Waals surface area (Å²) in [5.41, 5.74) is -0.819. The third-order valence-electron chi connectivity index (χ3n) is 3.32. The minimum Gasteiger partial charge on any atom is -0.288 e. The lowest BCUT2D eigenvalue weighted by Gasteiger charge is -2.12. The molecule has 0 atom stereocenters. The molecule has 0 radical (unpaired) electrons. The van der Waals surface area contributed by atoms with Crippen LogP contribution in [0.5, 0.6) is 0 Å². The van der Waals surface area contributed by atoms with Gasteiger partial charge in [0.15, 0.2) is 5.78 Å². The molecule has 0 unspecified atom stereocenters. The molecule has 0 spiro atoms. The molecule has 1 saturated carbocycles. The molecule has 0 aliphatic heterocycles. The fourth-order valence-corrected chi connectivity index (χ4v) is 2.16. The van der Waals surface area contributed by atoms with E-state index in [-0.39, 0.29) is 11.5 Å². The SMILES string of the molecule is O=C(c1cnccc1C(F)(F)F)c1cncnc1C1CC1. The maximum absolute atomic E-state index is 13.0. The maximum atomic E-state index is 13.0. The number of rotatable bonds is 3. The minimum absolute atomic E-state index is 0.124. The van der Waals surface area contributed by atoms with Gasteiger partial charge in [0.1, 0.15) is 6.33 Å². The minimum atomic E-state index is -4.61. The summed E-state index contributed by atoms with van der Waals surface area (Å²) in [6.07, 6.45) is 1.70. The highest BCUT2D eigenvalue weighted by Crippen LogP contribution is 2.41. The second-order valence-corrected chi connectivity index (χ2v) is 4.84. The van der Waals surface area contributed by atoms with E-state index in [9.17, 15) is 18.0 Å². The first-order valence-corrected chi connectivity index (χ1v) is 6.34. The number of halogens is 3. The van der Waals surface area contributed by atoms with Crippen LogP contribution in [0.1, 0.15) is 45.9 Å². The fourth-order valence-electron chi connectivity index (χ4n) is 2.16. The van der Waals surface area contributed by atoms with Crippen molar-refractivity contribution in [1.29, 1.82) is 0 Å². The number of alkyl halides is 3. The third kappa shape index (κ3) is 2.63. The van der Waals surface area contributed by atoms with Gasteiger partial charge in [-0.25, -0.2) is 9.97 Å². The first kappa shape index (κ1) is 13.7. The molecular formula is C14H10F3N3O. The summed E-state index contributed by atoms with van der Waals surface area (Å²) >= 11 is 0. The zero-order chi connectivity index (χ0) is 15.0. The lowest BCUT2D eigenvalue weighted by Crippen LogP contribution is -2.16. The second kappa shape index (κ2) is 4.91. The quantitative estimate of drug-likeness (QED) is 0.816. The molecule has 2 aromatic heterocycles. The van der Waals surface area contributed by atoms with E-state index in [1.54, 1.807) is 0 Å². The number of ketones is 1. The highest BCUT2D eigenvalue weighted by Gasteiger charge is 2.37. The Bertz CT molecular complexity index is 696. The van der Waals surface area contributed by atoms with Gasteiger partial charge in [-0.15, -0.1) is 0 Å². The molecular weight excluding hydrogens is 283 g/mol. The van der Waals surface area contributed by atoms with Crippen molar-refractivity contribution in [2.24, 2.45) is 0 Å². The molecule has 2 aromatic rings. The van der Waals surface area contributed by atoms with E-state index < -0.39 is 23.1 Å². The monoisotopic (exact) mass is 293 g/mol. The summed E-state index contributed by atoms with van der Waals surface area (Å²) in [5, 5.41) is 0. The van der Waals surface area contributed by atoms with Gasteiger partial charge in [-0.2, -0.15) is 13.2 Å². The fraction of sp³-hybridized carbons (Fsp3) is 0.286. The van der Waals surface area contributed by atoms with Gasteiger partial charge in [0.25, 0.3) is 0 Å². The molecule has 2 heterocycles. The summed E-state index contributed by atoms with van der Waals surface area (Å²) in [6.45, 7) is 0. The summed E-state index contributed by atoms with van der Waals surface area (Å²) in [4.78, 5) is 23.9. The van der Waals surface area contributed by atoms with Crippen molar-refractivity contribution >= 4 is 5.78 Å². The predicted molar refractivity (Wildman–Crippen MR) is 66.7 cm³/mol.